The van der Waals surface area contributed by atoms with Crippen molar-refractivity contribution < 1.29 is 9.84 Å². The molecule has 0 saturated heterocycles. The molecule has 88 valence electrons. The fourth-order valence-electron chi connectivity index (χ4n) is 2.01. The summed E-state index contributed by atoms with van der Waals surface area (Å²) in [7, 11) is 0. The van der Waals surface area contributed by atoms with Crippen molar-refractivity contribution in [3.8, 4) is 5.75 Å². The van der Waals surface area contributed by atoms with Gasteiger partial charge in [-0.05, 0) is 36.1 Å². The average molecular weight is 221 g/mol. The first kappa shape index (κ1) is 11.4. The van der Waals surface area contributed by atoms with Crippen LogP contribution in [0.3, 0.4) is 0 Å². The average Bonchev–Trinajstić information content (AvgIpc) is 2.67. The molecule has 0 aliphatic heterocycles. The minimum atomic E-state index is 0.163. The zero-order valence-electron chi connectivity index (χ0n) is 9.65. The zero-order chi connectivity index (χ0) is 11.5. The minimum Gasteiger partial charge on any atom is -0.493 e. The van der Waals surface area contributed by atoms with E-state index < -0.39 is 0 Å². The molecule has 3 heteroatoms. The molecule has 0 bridgehead atoms. The number of aliphatic hydroxyl groups is 1. The lowest BCUT2D eigenvalue weighted by molar-refractivity contribution is 0.174. The third-order valence-corrected chi connectivity index (χ3v) is 3.08. The number of aryl methyl sites for hydroxylation is 1. The molecule has 1 unspecified atom stereocenters. The van der Waals surface area contributed by atoms with Gasteiger partial charge in [0, 0.05) is 18.6 Å². The van der Waals surface area contributed by atoms with Crippen LogP contribution in [0.15, 0.2) is 18.2 Å². The SMILES string of the molecule is CC(CO)COc1ccc2c(c1)CC[C@@H]2N. The number of nitrogens with two attached hydrogens (primary N) is 1. The van der Waals surface area contributed by atoms with Gasteiger partial charge in [0.1, 0.15) is 5.75 Å². The Morgan fingerprint density at radius 1 is 1.56 bits per heavy atom. The number of hydrogen-bond acceptors (Lipinski definition) is 3. The van der Waals surface area contributed by atoms with Crippen LogP contribution in [0.2, 0.25) is 0 Å². The number of ether oxygens (including phenoxy) is 1. The van der Waals surface area contributed by atoms with Crippen molar-refractivity contribution >= 4 is 0 Å². The lowest BCUT2D eigenvalue weighted by Gasteiger charge is -2.12. The predicted molar refractivity (Wildman–Crippen MR) is 63.4 cm³/mol. The number of hydrogen-bond donors (Lipinski definition) is 2. The van der Waals surface area contributed by atoms with E-state index in [0.29, 0.717) is 6.61 Å². The van der Waals surface area contributed by atoms with Gasteiger partial charge < -0.3 is 15.6 Å². The van der Waals surface area contributed by atoms with Gasteiger partial charge in [0.2, 0.25) is 0 Å². The van der Waals surface area contributed by atoms with Gasteiger partial charge in [0.05, 0.1) is 6.61 Å². The first-order chi connectivity index (χ1) is 7.70. The Bertz CT molecular complexity index is 365. The highest BCUT2D eigenvalue weighted by molar-refractivity contribution is 5.40. The summed E-state index contributed by atoms with van der Waals surface area (Å²) in [6, 6.07) is 6.30. The molecule has 3 nitrogen and oxygen atoms in total. The molecule has 0 saturated carbocycles. The molecule has 2 rings (SSSR count). The molecule has 1 aliphatic carbocycles. The number of fused-ring (bicyclic) bond motifs is 1. The van der Waals surface area contributed by atoms with E-state index in [1.54, 1.807) is 0 Å². The third kappa shape index (κ3) is 2.36. The topological polar surface area (TPSA) is 55.5 Å². The molecule has 0 amide bonds. The second-order valence-corrected chi connectivity index (χ2v) is 4.60. The van der Waals surface area contributed by atoms with Crippen LogP contribution in [0.1, 0.15) is 30.5 Å². The van der Waals surface area contributed by atoms with Crippen molar-refractivity contribution in [3.05, 3.63) is 29.3 Å². The summed E-state index contributed by atoms with van der Waals surface area (Å²) >= 11 is 0. The molecule has 1 aliphatic rings. The van der Waals surface area contributed by atoms with E-state index in [4.69, 9.17) is 15.6 Å². The predicted octanol–water partition coefficient (Wildman–Crippen LogP) is 1.64. The standard InChI is InChI=1S/C13H19NO2/c1-9(7-15)8-16-11-3-4-12-10(6-11)2-5-13(12)14/h3-4,6,9,13,15H,2,5,7-8,14H2,1H3/t9?,13-/m0/s1. The van der Waals surface area contributed by atoms with Crippen molar-refractivity contribution in [2.75, 3.05) is 13.2 Å². The summed E-state index contributed by atoms with van der Waals surface area (Å²) in [6.07, 6.45) is 2.08. The summed E-state index contributed by atoms with van der Waals surface area (Å²) < 4.78 is 5.62. The highest BCUT2D eigenvalue weighted by Crippen LogP contribution is 2.31. The maximum atomic E-state index is 8.91. The molecular weight excluding hydrogens is 202 g/mol. The summed E-state index contributed by atoms with van der Waals surface area (Å²) in [5.74, 6) is 1.06. The van der Waals surface area contributed by atoms with E-state index in [-0.39, 0.29) is 18.6 Å². The lowest BCUT2D eigenvalue weighted by Crippen LogP contribution is -2.12. The van der Waals surface area contributed by atoms with Gasteiger partial charge in [-0.25, -0.2) is 0 Å². The van der Waals surface area contributed by atoms with E-state index in [1.807, 2.05) is 13.0 Å². The highest BCUT2D eigenvalue weighted by Gasteiger charge is 2.19. The summed E-state index contributed by atoms with van der Waals surface area (Å²) in [4.78, 5) is 0. The maximum Gasteiger partial charge on any atom is 0.119 e. The Hall–Kier alpha value is -1.06. The Kier molecular flexibility index (Phi) is 3.46. The minimum absolute atomic E-state index is 0.163. The highest BCUT2D eigenvalue weighted by atomic mass is 16.5. The first-order valence-corrected chi connectivity index (χ1v) is 5.82. The fraction of sp³-hybridized carbons (Fsp3) is 0.538. The molecule has 0 spiro atoms. The molecule has 1 aromatic rings. The lowest BCUT2D eigenvalue weighted by atomic mass is 10.1. The van der Waals surface area contributed by atoms with Crippen molar-refractivity contribution in [2.45, 2.75) is 25.8 Å². The maximum absolute atomic E-state index is 8.91. The molecule has 0 radical (unpaired) electrons. The molecule has 3 N–H and O–H groups in total. The quantitative estimate of drug-likeness (QED) is 0.812. The Labute approximate surface area is 96.2 Å². The molecule has 0 fully saturated rings. The largest absolute Gasteiger partial charge is 0.493 e. The Morgan fingerprint density at radius 3 is 3.12 bits per heavy atom. The van der Waals surface area contributed by atoms with E-state index in [0.717, 1.165) is 18.6 Å². The van der Waals surface area contributed by atoms with Crippen molar-refractivity contribution in [2.24, 2.45) is 11.7 Å². The van der Waals surface area contributed by atoms with Gasteiger partial charge >= 0.3 is 0 Å². The van der Waals surface area contributed by atoms with Crippen molar-refractivity contribution in [1.82, 2.24) is 0 Å². The van der Waals surface area contributed by atoms with Crippen LogP contribution < -0.4 is 10.5 Å². The summed E-state index contributed by atoms with van der Waals surface area (Å²) in [6.45, 7) is 2.68. The van der Waals surface area contributed by atoms with Gasteiger partial charge in [-0.15, -0.1) is 0 Å². The Balaban J connectivity index is 2.02. The number of rotatable bonds is 4. The van der Waals surface area contributed by atoms with Gasteiger partial charge in [0.15, 0.2) is 0 Å². The van der Waals surface area contributed by atoms with Crippen LogP contribution in [0.5, 0.6) is 5.75 Å². The second kappa shape index (κ2) is 4.85. The van der Waals surface area contributed by atoms with Gasteiger partial charge in [0.25, 0.3) is 0 Å². The van der Waals surface area contributed by atoms with Crippen LogP contribution >= 0.6 is 0 Å². The molecule has 1 aromatic carbocycles. The van der Waals surface area contributed by atoms with Crippen LogP contribution in [0, 0.1) is 5.92 Å². The monoisotopic (exact) mass is 221 g/mol. The van der Waals surface area contributed by atoms with E-state index in [9.17, 15) is 0 Å². The molecule has 0 aromatic heterocycles. The third-order valence-electron chi connectivity index (χ3n) is 3.08. The molecular formula is C13H19NO2. The van der Waals surface area contributed by atoms with Gasteiger partial charge in [-0.1, -0.05) is 13.0 Å². The van der Waals surface area contributed by atoms with Crippen LogP contribution in [0.25, 0.3) is 0 Å². The smallest absolute Gasteiger partial charge is 0.119 e. The second-order valence-electron chi connectivity index (χ2n) is 4.60. The summed E-state index contributed by atoms with van der Waals surface area (Å²) in [5.41, 5.74) is 8.53. The van der Waals surface area contributed by atoms with Crippen LogP contribution in [-0.4, -0.2) is 18.3 Å². The van der Waals surface area contributed by atoms with Crippen LogP contribution in [0.4, 0.5) is 0 Å². The van der Waals surface area contributed by atoms with Crippen molar-refractivity contribution in [1.29, 1.82) is 0 Å². The van der Waals surface area contributed by atoms with Gasteiger partial charge in [-0.2, -0.15) is 0 Å². The molecule has 0 heterocycles. The number of benzene rings is 1. The molecule has 16 heavy (non-hydrogen) atoms. The number of aliphatic hydroxyl groups excluding tert-OH is 1. The van der Waals surface area contributed by atoms with Crippen molar-refractivity contribution in [3.63, 3.8) is 0 Å². The Morgan fingerprint density at radius 2 is 2.38 bits per heavy atom. The normalized spacial score (nSPS) is 20.6. The fourth-order valence-corrected chi connectivity index (χ4v) is 2.01. The first-order valence-electron chi connectivity index (χ1n) is 5.82. The van der Waals surface area contributed by atoms with E-state index >= 15 is 0 Å². The molecule has 2 atom stereocenters. The van der Waals surface area contributed by atoms with E-state index in [1.165, 1.54) is 11.1 Å². The summed E-state index contributed by atoms with van der Waals surface area (Å²) in [5, 5.41) is 8.91. The van der Waals surface area contributed by atoms with Gasteiger partial charge in [-0.3, -0.25) is 0 Å². The van der Waals surface area contributed by atoms with E-state index in [2.05, 4.69) is 12.1 Å². The van der Waals surface area contributed by atoms with Crippen LogP contribution in [-0.2, 0) is 6.42 Å². The zero-order valence-corrected chi connectivity index (χ0v) is 9.65.